The standard InChI is InChI=1S/C23H25FN4O3/c1-3-28(16(2)29)15-17-6-4-7-20(14-17)25-21(30)8-5-9-22-26-23(27-31-22)18-10-12-19(24)13-11-18/h4,6-7,10-14H,3,5,8-9,15H2,1-2H3,(H,25,30). The highest BCUT2D eigenvalue weighted by molar-refractivity contribution is 5.90. The van der Waals surface area contributed by atoms with Gasteiger partial charge in [0.05, 0.1) is 0 Å². The van der Waals surface area contributed by atoms with E-state index in [-0.39, 0.29) is 17.6 Å². The molecule has 2 amide bonds. The number of hydrogen-bond donors (Lipinski definition) is 1. The molecule has 2 aromatic carbocycles. The lowest BCUT2D eigenvalue weighted by Crippen LogP contribution is -2.27. The third kappa shape index (κ3) is 6.47. The van der Waals surface area contributed by atoms with Gasteiger partial charge in [-0.3, -0.25) is 9.59 Å². The van der Waals surface area contributed by atoms with Crippen molar-refractivity contribution in [2.45, 2.75) is 39.7 Å². The predicted molar refractivity (Wildman–Crippen MR) is 114 cm³/mol. The van der Waals surface area contributed by atoms with Gasteiger partial charge in [0.2, 0.25) is 23.5 Å². The van der Waals surface area contributed by atoms with Crippen LogP contribution in [0.2, 0.25) is 0 Å². The average Bonchev–Trinajstić information content (AvgIpc) is 3.21. The molecular formula is C23H25FN4O3. The number of aromatic nitrogens is 2. The molecule has 0 unspecified atom stereocenters. The predicted octanol–water partition coefficient (Wildman–Crippen LogP) is 4.21. The Morgan fingerprint density at radius 1 is 1.16 bits per heavy atom. The lowest BCUT2D eigenvalue weighted by atomic mass is 10.1. The number of aryl methyl sites for hydroxylation is 1. The SMILES string of the molecule is CCN(Cc1cccc(NC(=O)CCCc2nc(-c3ccc(F)cc3)no2)c1)C(C)=O. The maximum Gasteiger partial charge on any atom is 0.226 e. The van der Waals surface area contributed by atoms with Crippen LogP contribution in [0.5, 0.6) is 0 Å². The van der Waals surface area contributed by atoms with E-state index in [1.807, 2.05) is 31.2 Å². The highest BCUT2D eigenvalue weighted by atomic mass is 19.1. The summed E-state index contributed by atoms with van der Waals surface area (Å²) in [6.45, 7) is 4.60. The smallest absolute Gasteiger partial charge is 0.226 e. The van der Waals surface area contributed by atoms with Crippen LogP contribution < -0.4 is 5.32 Å². The number of anilines is 1. The number of carbonyl (C=O) groups is 2. The first kappa shape index (κ1) is 22.1. The molecule has 1 heterocycles. The number of hydrogen-bond acceptors (Lipinski definition) is 5. The Hall–Kier alpha value is -3.55. The van der Waals surface area contributed by atoms with Crippen LogP contribution in [0.15, 0.2) is 53.1 Å². The zero-order valence-corrected chi connectivity index (χ0v) is 17.6. The molecule has 0 saturated carbocycles. The number of rotatable bonds is 9. The quantitative estimate of drug-likeness (QED) is 0.556. The van der Waals surface area contributed by atoms with E-state index in [9.17, 15) is 14.0 Å². The van der Waals surface area contributed by atoms with Gasteiger partial charge in [0.1, 0.15) is 5.82 Å². The van der Waals surface area contributed by atoms with Crippen molar-refractivity contribution < 1.29 is 18.5 Å². The summed E-state index contributed by atoms with van der Waals surface area (Å²) in [6.07, 6.45) is 1.31. The first-order chi connectivity index (χ1) is 14.9. The zero-order chi connectivity index (χ0) is 22.2. The van der Waals surface area contributed by atoms with Crippen molar-refractivity contribution in [3.63, 3.8) is 0 Å². The Labute approximate surface area is 180 Å². The number of benzene rings is 2. The van der Waals surface area contributed by atoms with E-state index in [4.69, 9.17) is 4.52 Å². The summed E-state index contributed by atoms with van der Waals surface area (Å²) in [5.41, 5.74) is 2.31. The van der Waals surface area contributed by atoms with Gasteiger partial charge in [0, 0.05) is 44.1 Å². The number of halogens is 1. The third-order valence-electron chi connectivity index (χ3n) is 4.78. The molecule has 0 saturated heterocycles. The second kappa shape index (κ2) is 10.5. The summed E-state index contributed by atoms with van der Waals surface area (Å²) in [5, 5.41) is 6.78. The second-order valence-corrected chi connectivity index (χ2v) is 7.15. The molecule has 0 fully saturated rings. The van der Waals surface area contributed by atoms with Crippen LogP contribution in [0.3, 0.4) is 0 Å². The van der Waals surface area contributed by atoms with E-state index in [1.54, 1.807) is 24.0 Å². The van der Waals surface area contributed by atoms with Gasteiger partial charge in [0.25, 0.3) is 0 Å². The van der Waals surface area contributed by atoms with Crippen LogP contribution in [0.1, 0.15) is 38.1 Å². The fraction of sp³-hybridized carbons (Fsp3) is 0.304. The fourth-order valence-electron chi connectivity index (χ4n) is 3.11. The average molecular weight is 424 g/mol. The molecular weight excluding hydrogens is 399 g/mol. The highest BCUT2D eigenvalue weighted by Crippen LogP contribution is 2.17. The van der Waals surface area contributed by atoms with E-state index in [2.05, 4.69) is 15.5 Å². The lowest BCUT2D eigenvalue weighted by molar-refractivity contribution is -0.129. The maximum atomic E-state index is 13.0. The number of amides is 2. The van der Waals surface area contributed by atoms with Gasteiger partial charge in [-0.05, 0) is 55.3 Å². The minimum Gasteiger partial charge on any atom is -0.339 e. The first-order valence-electron chi connectivity index (χ1n) is 10.2. The van der Waals surface area contributed by atoms with Gasteiger partial charge in [-0.2, -0.15) is 4.98 Å². The minimum absolute atomic E-state index is 0.0144. The van der Waals surface area contributed by atoms with Crippen LogP contribution in [0.4, 0.5) is 10.1 Å². The molecule has 3 rings (SSSR count). The van der Waals surface area contributed by atoms with E-state index in [0.29, 0.717) is 55.3 Å². The van der Waals surface area contributed by atoms with Crippen LogP contribution in [-0.4, -0.2) is 33.4 Å². The Morgan fingerprint density at radius 3 is 2.65 bits per heavy atom. The normalized spacial score (nSPS) is 10.7. The summed E-state index contributed by atoms with van der Waals surface area (Å²) < 4.78 is 18.2. The van der Waals surface area contributed by atoms with Gasteiger partial charge >= 0.3 is 0 Å². The van der Waals surface area contributed by atoms with E-state index in [1.165, 1.54) is 12.1 Å². The van der Waals surface area contributed by atoms with Crippen molar-refractivity contribution in [1.82, 2.24) is 15.0 Å². The lowest BCUT2D eigenvalue weighted by Gasteiger charge is -2.19. The molecule has 1 aromatic heterocycles. The summed E-state index contributed by atoms with van der Waals surface area (Å²) in [6, 6.07) is 13.3. The molecule has 3 aromatic rings. The molecule has 7 nitrogen and oxygen atoms in total. The summed E-state index contributed by atoms with van der Waals surface area (Å²) in [7, 11) is 0. The Kier molecular flexibility index (Phi) is 7.48. The van der Waals surface area contributed by atoms with Crippen molar-refractivity contribution in [1.29, 1.82) is 0 Å². The van der Waals surface area contributed by atoms with E-state index >= 15 is 0 Å². The molecule has 0 aliphatic heterocycles. The summed E-state index contributed by atoms with van der Waals surface area (Å²) >= 11 is 0. The fourth-order valence-corrected chi connectivity index (χ4v) is 3.11. The van der Waals surface area contributed by atoms with Gasteiger partial charge < -0.3 is 14.7 Å². The van der Waals surface area contributed by atoms with Gasteiger partial charge in [-0.1, -0.05) is 17.3 Å². The Morgan fingerprint density at radius 2 is 1.94 bits per heavy atom. The monoisotopic (exact) mass is 424 g/mol. The summed E-state index contributed by atoms with van der Waals surface area (Å²) in [4.78, 5) is 29.9. The molecule has 0 atom stereocenters. The third-order valence-corrected chi connectivity index (χ3v) is 4.78. The highest BCUT2D eigenvalue weighted by Gasteiger charge is 2.11. The largest absolute Gasteiger partial charge is 0.339 e. The molecule has 162 valence electrons. The number of nitrogens with zero attached hydrogens (tertiary/aromatic N) is 3. The van der Waals surface area contributed by atoms with E-state index < -0.39 is 0 Å². The molecule has 8 heteroatoms. The molecule has 0 aliphatic carbocycles. The van der Waals surface area contributed by atoms with Gasteiger partial charge in [-0.25, -0.2) is 4.39 Å². The zero-order valence-electron chi connectivity index (χ0n) is 17.6. The molecule has 0 bridgehead atoms. The Balaban J connectivity index is 1.48. The molecule has 0 radical (unpaired) electrons. The molecule has 1 N–H and O–H groups in total. The van der Waals surface area contributed by atoms with Crippen molar-refractivity contribution >= 4 is 17.5 Å². The van der Waals surface area contributed by atoms with Gasteiger partial charge in [0.15, 0.2) is 0 Å². The molecule has 0 spiro atoms. The van der Waals surface area contributed by atoms with Gasteiger partial charge in [-0.15, -0.1) is 0 Å². The first-order valence-corrected chi connectivity index (χ1v) is 10.2. The second-order valence-electron chi connectivity index (χ2n) is 7.15. The van der Waals surface area contributed by atoms with Crippen molar-refractivity contribution in [3.8, 4) is 11.4 Å². The van der Waals surface area contributed by atoms with Crippen molar-refractivity contribution in [2.75, 3.05) is 11.9 Å². The van der Waals surface area contributed by atoms with E-state index in [0.717, 1.165) is 5.56 Å². The number of carbonyl (C=O) groups excluding carboxylic acids is 2. The minimum atomic E-state index is -0.328. The topological polar surface area (TPSA) is 88.3 Å². The Bertz CT molecular complexity index is 1030. The number of nitrogens with one attached hydrogen (secondary N) is 1. The summed E-state index contributed by atoms with van der Waals surface area (Å²) in [5.74, 6) is 0.390. The van der Waals surface area contributed by atoms with Crippen molar-refractivity contribution in [3.05, 3.63) is 65.8 Å². The van der Waals surface area contributed by atoms with Crippen LogP contribution >= 0.6 is 0 Å². The van der Waals surface area contributed by atoms with Crippen LogP contribution in [-0.2, 0) is 22.6 Å². The molecule has 0 aliphatic rings. The van der Waals surface area contributed by atoms with Crippen molar-refractivity contribution in [2.24, 2.45) is 0 Å². The van der Waals surface area contributed by atoms with Crippen LogP contribution in [0.25, 0.3) is 11.4 Å². The molecule has 31 heavy (non-hydrogen) atoms. The maximum absolute atomic E-state index is 13.0. The van der Waals surface area contributed by atoms with Crippen LogP contribution in [0, 0.1) is 5.82 Å².